The maximum atomic E-state index is 9.45. The van der Waals surface area contributed by atoms with Gasteiger partial charge in [0.1, 0.15) is 0 Å². The number of hydrogen-bond donors (Lipinski definition) is 2. The second-order valence-corrected chi connectivity index (χ2v) is 6.41. The molecule has 0 aromatic heterocycles. The Kier molecular flexibility index (Phi) is 4.45. The average molecular weight is 240 g/mol. The second-order valence-electron chi connectivity index (χ2n) is 6.41. The fourth-order valence-corrected chi connectivity index (χ4v) is 3.25. The molecule has 0 spiro atoms. The Morgan fingerprint density at radius 3 is 2.53 bits per heavy atom. The first-order chi connectivity index (χ1) is 8.10. The van der Waals surface area contributed by atoms with Crippen molar-refractivity contribution in [2.45, 2.75) is 57.6 Å². The summed E-state index contributed by atoms with van der Waals surface area (Å²) in [5.41, 5.74) is 0.478. The third-order valence-corrected chi connectivity index (χ3v) is 4.19. The number of rotatable bonds is 7. The molecule has 2 aliphatic rings. The molecule has 1 unspecified atom stereocenters. The van der Waals surface area contributed by atoms with Crippen molar-refractivity contribution in [2.75, 3.05) is 26.7 Å². The third-order valence-electron chi connectivity index (χ3n) is 4.19. The Labute approximate surface area is 106 Å². The van der Waals surface area contributed by atoms with Gasteiger partial charge in [-0.25, -0.2) is 0 Å². The Morgan fingerprint density at radius 2 is 2.00 bits per heavy atom. The highest BCUT2D eigenvalue weighted by Crippen LogP contribution is 2.38. The smallest absolute Gasteiger partial charge is 0.0638 e. The zero-order valence-electron chi connectivity index (χ0n) is 11.4. The van der Waals surface area contributed by atoms with E-state index in [-0.39, 0.29) is 6.10 Å². The first-order valence-corrected chi connectivity index (χ1v) is 7.20. The molecule has 0 bridgehead atoms. The molecule has 0 aliphatic heterocycles. The van der Waals surface area contributed by atoms with E-state index < -0.39 is 0 Å². The van der Waals surface area contributed by atoms with E-state index in [1.165, 1.54) is 45.1 Å². The van der Waals surface area contributed by atoms with E-state index in [2.05, 4.69) is 17.3 Å². The standard InChI is InChI=1S/C14H28N2O/c1-12(17)9-16(2)11-14(7-3-4-8-14)10-15-13-5-6-13/h12-13,15,17H,3-11H2,1-2H3. The van der Waals surface area contributed by atoms with Gasteiger partial charge in [0.25, 0.3) is 0 Å². The first-order valence-electron chi connectivity index (χ1n) is 7.20. The van der Waals surface area contributed by atoms with Crippen molar-refractivity contribution in [3.05, 3.63) is 0 Å². The molecule has 3 heteroatoms. The van der Waals surface area contributed by atoms with Gasteiger partial charge in [-0.05, 0) is 45.1 Å². The van der Waals surface area contributed by atoms with Gasteiger partial charge in [-0.15, -0.1) is 0 Å². The van der Waals surface area contributed by atoms with Gasteiger partial charge in [0.2, 0.25) is 0 Å². The van der Waals surface area contributed by atoms with E-state index >= 15 is 0 Å². The van der Waals surface area contributed by atoms with Crippen LogP contribution in [-0.2, 0) is 0 Å². The summed E-state index contributed by atoms with van der Waals surface area (Å²) in [4.78, 5) is 2.31. The fraction of sp³-hybridized carbons (Fsp3) is 1.00. The monoisotopic (exact) mass is 240 g/mol. The number of hydrogen-bond acceptors (Lipinski definition) is 3. The summed E-state index contributed by atoms with van der Waals surface area (Å²) in [6.07, 6.45) is 8.02. The summed E-state index contributed by atoms with van der Waals surface area (Å²) < 4.78 is 0. The van der Waals surface area contributed by atoms with E-state index in [4.69, 9.17) is 0 Å². The minimum Gasteiger partial charge on any atom is -0.392 e. The molecule has 2 fully saturated rings. The second kappa shape index (κ2) is 5.68. The van der Waals surface area contributed by atoms with Gasteiger partial charge in [-0.1, -0.05) is 12.8 Å². The van der Waals surface area contributed by atoms with Crippen LogP contribution in [0.5, 0.6) is 0 Å². The number of nitrogens with one attached hydrogen (secondary N) is 1. The maximum absolute atomic E-state index is 9.45. The number of aliphatic hydroxyl groups is 1. The molecule has 0 heterocycles. The van der Waals surface area contributed by atoms with E-state index in [0.29, 0.717) is 5.41 Å². The van der Waals surface area contributed by atoms with E-state index in [1.54, 1.807) is 0 Å². The highest BCUT2D eigenvalue weighted by Gasteiger charge is 2.36. The van der Waals surface area contributed by atoms with Crippen LogP contribution in [0.15, 0.2) is 0 Å². The van der Waals surface area contributed by atoms with Crippen LogP contribution in [0, 0.1) is 5.41 Å². The van der Waals surface area contributed by atoms with E-state index in [1.807, 2.05) is 6.92 Å². The predicted molar refractivity (Wildman–Crippen MR) is 71.1 cm³/mol. The van der Waals surface area contributed by atoms with Gasteiger partial charge >= 0.3 is 0 Å². The van der Waals surface area contributed by atoms with Crippen molar-refractivity contribution in [1.82, 2.24) is 10.2 Å². The zero-order valence-corrected chi connectivity index (χ0v) is 11.4. The van der Waals surface area contributed by atoms with Gasteiger partial charge in [-0.3, -0.25) is 0 Å². The first kappa shape index (κ1) is 13.3. The van der Waals surface area contributed by atoms with Crippen molar-refractivity contribution in [1.29, 1.82) is 0 Å². The predicted octanol–water partition coefficient (Wildman–Crippen LogP) is 1.61. The molecule has 0 radical (unpaired) electrons. The fourth-order valence-electron chi connectivity index (χ4n) is 3.25. The third kappa shape index (κ3) is 4.23. The van der Waals surface area contributed by atoms with Gasteiger partial charge in [0, 0.05) is 25.7 Å². The summed E-state index contributed by atoms with van der Waals surface area (Å²) in [7, 11) is 2.14. The Hall–Kier alpha value is -0.120. The maximum Gasteiger partial charge on any atom is 0.0638 e. The zero-order chi connectivity index (χ0) is 12.3. The van der Waals surface area contributed by atoms with Crippen LogP contribution in [0.25, 0.3) is 0 Å². The Bertz CT molecular complexity index is 232. The molecule has 2 N–H and O–H groups in total. The van der Waals surface area contributed by atoms with Gasteiger partial charge in [0.05, 0.1) is 6.10 Å². The van der Waals surface area contributed by atoms with Crippen LogP contribution in [0.1, 0.15) is 45.4 Å². The quantitative estimate of drug-likeness (QED) is 0.710. The summed E-state index contributed by atoms with van der Waals surface area (Å²) in [6.45, 7) is 4.99. The highest BCUT2D eigenvalue weighted by atomic mass is 16.3. The number of aliphatic hydroxyl groups excluding tert-OH is 1. The molecular weight excluding hydrogens is 212 g/mol. The minimum absolute atomic E-state index is 0.213. The molecule has 3 nitrogen and oxygen atoms in total. The SMILES string of the molecule is CC(O)CN(C)CC1(CNC2CC2)CCCC1. The minimum atomic E-state index is -0.213. The number of nitrogens with zero attached hydrogens (tertiary/aromatic N) is 1. The topological polar surface area (TPSA) is 35.5 Å². The lowest BCUT2D eigenvalue weighted by Gasteiger charge is -2.34. The Balaban J connectivity index is 1.81. The number of likely N-dealkylation sites (N-methyl/N-ethyl adjacent to an activating group) is 1. The largest absolute Gasteiger partial charge is 0.392 e. The average Bonchev–Trinajstić information content (AvgIpc) is 2.96. The molecule has 17 heavy (non-hydrogen) atoms. The molecule has 0 aromatic carbocycles. The van der Waals surface area contributed by atoms with Gasteiger partial charge in [-0.2, -0.15) is 0 Å². The molecular formula is C14H28N2O. The normalized spacial score (nSPS) is 25.4. The van der Waals surface area contributed by atoms with Crippen molar-refractivity contribution in [3.8, 4) is 0 Å². The van der Waals surface area contributed by atoms with Crippen LogP contribution < -0.4 is 5.32 Å². The van der Waals surface area contributed by atoms with Gasteiger partial charge in [0.15, 0.2) is 0 Å². The van der Waals surface area contributed by atoms with Crippen LogP contribution >= 0.6 is 0 Å². The molecule has 0 amide bonds. The molecule has 100 valence electrons. The van der Waals surface area contributed by atoms with Crippen LogP contribution in [0.3, 0.4) is 0 Å². The molecule has 2 rings (SSSR count). The lowest BCUT2D eigenvalue weighted by atomic mass is 9.85. The van der Waals surface area contributed by atoms with Gasteiger partial charge < -0.3 is 15.3 Å². The molecule has 2 saturated carbocycles. The molecule has 0 aromatic rings. The van der Waals surface area contributed by atoms with Crippen molar-refractivity contribution >= 4 is 0 Å². The van der Waals surface area contributed by atoms with Crippen LogP contribution in [-0.4, -0.2) is 48.8 Å². The lowest BCUT2D eigenvalue weighted by Crippen LogP contribution is -2.43. The molecule has 1 atom stereocenters. The summed E-state index contributed by atoms with van der Waals surface area (Å²) in [6, 6.07) is 0.814. The lowest BCUT2D eigenvalue weighted by molar-refractivity contribution is 0.105. The van der Waals surface area contributed by atoms with E-state index in [9.17, 15) is 5.11 Å². The highest BCUT2D eigenvalue weighted by molar-refractivity contribution is 4.92. The summed E-state index contributed by atoms with van der Waals surface area (Å²) >= 11 is 0. The van der Waals surface area contributed by atoms with E-state index in [0.717, 1.165) is 19.1 Å². The Morgan fingerprint density at radius 1 is 1.35 bits per heavy atom. The van der Waals surface area contributed by atoms with Crippen molar-refractivity contribution < 1.29 is 5.11 Å². The van der Waals surface area contributed by atoms with Crippen molar-refractivity contribution in [3.63, 3.8) is 0 Å². The molecule has 0 saturated heterocycles. The summed E-state index contributed by atoms with van der Waals surface area (Å²) in [5.74, 6) is 0. The van der Waals surface area contributed by atoms with Crippen LogP contribution in [0.4, 0.5) is 0 Å². The molecule has 2 aliphatic carbocycles. The van der Waals surface area contributed by atoms with Crippen molar-refractivity contribution in [2.24, 2.45) is 5.41 Å². The van der Waals surface area contributed by atoms with Crippen LogP contribution in [0.2, 0.25) is 0 Å². The summed E-state index contributed by atoms with van der Waals surface area (Å²) in [5, 5.41) is 13.2.